The minimum Gasteiger partial charge on any atom is -0.451 e. The van der Waals surface area contributed by atoms with E-state index in [1.54, 1.807) is 24.3 Å². The van der Waals surface area contributed by atoms with Crippen molar-refractivity contribution in [3.8, 4) is 11.8 Å². The third-order valence-corrected chi connectivity index (χ3v) is 12.0. The van der Waals surface area contributed by atoms with E-state index in [9.17, 15) is 13.7 Å². The number of fused-ring (bicyclic) bond motifs is 1. The molecule has 0 amide bonds. The Hall–Kier alpha value is -3.82. The number of sulfonamides is 1. The number of hydrogen-bond acceptors (Lipinski definition) is 5. The molecule has 0 aromatic heterocycles. The Labute approximate surface area is 240 Å². The first-order valence-corrected chi connectivity index (χ1v) is 16.1. The Morgan fingerprint density at radius 3 is 2.17 bits per heavy atom. The normalized spacial score (nSPS) is 16.6. The summed E-state index contributed by atoms with van der Waals surface area (Å²) < 4.78 is 39.1. The molecule has 1 atom stereocenters. The molecule has 0 unspecified atom stereocenters. The van der Waals surface area contributed by atoms with E-state index in [0.717, 1.165) is 16.9 Å². The largest absolute Gasteiger partial charge is 0.451 e. The maximum atomic E-state index is 13.9. The second kappa shape index (κ2) is 10.6. The highest BCUT2D eigenvalue weighted by molar-refractivity contribution is 7.95. The smallest absolute Gasteiger partial charge is 0.284 e. The van der Waals surface area contributed by atoms with Crippen molar-refractivity contribution in [2.24, 2.45) is 4.15 Å². The summed E-state index contributed by atoms with van der Waals surface area (Å²) in [5.41, 5.74) is 3.03. The van der Waals surface area contributed by atoms with E-state index >= 15 is 0 Å². The Morgan fingerprint density at radius 1 is 0.925 bits per heavy atom. The zero-order valence-corrected chi connectivity index (χ0v) is 24.7. The number of halogens is 1. The summed E-state index contributed by atoms with van der Waals surface area (Å²) in [4.78, 5) is 2.08. The van der Waals surface area contributed by atoms with Gasteiger partial charge in [0.25, 0.3) is 10.0 Å². The van der Waals surface area contributed by atoms with Crippen LogP contribution >= 0.6 is 18.9 Å². The van der Waals surface area contributed by atoms with Crippen LogP contribution in [-0.4, -0.2) is 15.5 Å². The lowest BCUT2D eigenvalue weighted by molar-refractivity contribution is 0.593. The van der Waals surface area contributed by atoms with E-state index in [2.05, 4.69) is 35.0 Å². The number of nitriles is 1. The lowest BCUT2D eigenvalue weighted by Gasteiger charge is -2.29. The molecule has 0 saturated heterocycles. The van der Waals surface area contributed by atoms with E-state index in [0.29, 0.717) is 21.6 Å². The van der Waals surface area contributed by atoms with Crippen LogP contribution in [0.1, 0.15) is 25.0 Å². The van der Waals surface area contributed by atoms with Crippen molar-refractivity contribution in [3.63, 3.8) is 0 Å². The minimum atomic E-state index is -4.20. The molecular weight excluding hydrogens is 561 g/mol. The molecule has 4 aromatic carbocycles. The van der Waals surface area contributed by atoms with E-state index in [-0.39, 0.29) is 4.90 Å². The molecule has 4 aromatic rings. The average molecular weight is 588 g/mol. The molecule has 0 N–H and O–H groups in total. The van der Waals surface area contributed by atoms with Gasteiger partial charge in [0.1, 0.15) is 5.75 Å². The van der Waals surface area contributed by atoms with Crippen LogP contribution < -0.4 is 14.7 Å². The number of likely N-dealkylation sites (N-methyl/N-ethyl adjacent to an activating group) is 1. The predicted octanol–water partition coefficient (Wildman–Crippen LogP) is 7.69. The maximum absolute atomic E-state index is 13.9. The monoisotopic (exact) mass is 587 g/mol. The Bertz CT molecular complexity index is 1800. The number of benzene rings is 4. The molecule has 0 bridgehead atoms. The average Bonchev–Trinajstić information content (AvgIpc) is 3.14. The second-order valence-corrected chi connectivity index (χ2v) is 14.6. The minimum absolute atomic E-state index is 0.0151. The molecule has 5 rings (SSSR count). The molecule has 9 heteroatoms. The van der Waals surface area contributed by atoms with Crippen LogP contribution in [0.5, 0.6) is 5.75 Å². The van der Waals surface area contributed by atoms with Gasteiger partial charge in [-0.1, -0.05) is 61.8 Å². The number of para-hydroxylation sites is 1. The summed E-state index contributed by atoms with van der Waals surface area (Å²) in [5, 5.41) is 10.3. The van der Waals surface area contributed by atoms with Gasteiger partial charge in [-0.05, 0) is 72.3 Å². The zero-order valence-electron chi connectivity index (χ0n) is 22.2. The standard InChI is InChI=1S/C31H27ClN3O3PS/c1-31(2)28-11-7-8-12-29(28)35(3)30(31)22-39(26-9-5-4-6-10-26,38-25-17-13-23(21-33)14-18-25)34-40(36,37)27-19-15-24(32)16-20-27/h4-20,22H,1-3H3/b30-22-/t39-/m1/s1. The first kappa shape index (κ1) is 27.7. The summed E-state index contributed by atoms with van der Waals surface area (Å²) >= 11 is 6.05. The van der Waals surface area contributed by atoms with Crippen molar-refractivity contribution in [1.29, 1.82) is 5.26 Å². The molecule has 6 nitrogen and oxygen atoms in total. The van der Waals surface area contributed by atoms with Gasteiger partial charge in [0.2, 0.25) is 7.28 Å². The highest BCUT2D eigenvalue weighted by Crippen LogP contribution is 2.58. The Kier molecular flexibility index (Phi) is 7.37. The van der Waals surface area contributed by atoms with Gasteiger partial charge in [-0.3, -0.25) is 0 Å². The van der Waals surface area contributed by atoms with Crippen LogP contribution in [-0.2, 0) is 15.4 Å². The van der Waals surface area contributed by atoms with Gasteiger partial charge in [0.05, 0.1) is 16.5 Å². The first-order chi connectivity index (χ1) is 19.1. The molecule has 40 heavy (non-hydrogen) atoms. The third-order valence-electron chi connectivity index (χ3n) is 6.93. The summed E-state index contributed by atoms with van der Waals surface area (Å²) in [7, 11) is -5.71. The van der Waals surface area contributed by atoms with Gasteiger partial charge in [0, 0.05) is 40.0 Å². The van der Waals surface area contributed by atoms with Crippen molar-refractivity contribution >= 4 is 39.9 Å². The quantitative estimate of drug-likeness (QED) is 0.216. The van der Waals surface area contributed by atoms with Crippen LogP contribution in [0.25, 0.3) is 0 Å². The topological polar surface area (TPSA) is 82.8 Å². The van der Waals surface area contributed by atoms with Gasteiger partial charge in [-0.15, -0.1) is 4.15 Å². The SMILES string of the molecule is CN1/C(=C\[P@@](=NS(=O)(=O)c2ccc(Cl)cc2)(Oc2ccc(C#N)cc2)c2ccccc2)C(C)(C)c2ccccc21. The maximum Gasteiger partial charge on any atom is 0.284 e. The molecule has 202 valence electrons. The lowest BCUT2D eigenvalue weighted by Crippen LogP contribution is -2.24. The van der Waals surface area contributed by atoms with E-state index in [4.69, 9.17) is 16.1 Å². The van der Waals surface area contributed by atoms with E-state index in [1.807, 2.05) is 61.4 Å². The fourth-order valence-corrected chi connectivity index (χ4v) is 9.98. The summed E-state index contributed by atoms with van der Waals surface area (Å²) in [6.45, 7) is 4.21. The van der Waals surface area contributed by atoms with Crippen molar-refractivity contribution < 1.29 is 12.9 Å². The lowest BCUT2D eigenvalue weighted by atomic mass is 9.84. The first-order valence-electron chi connectivity index (χ1n) is 12.5. The van der Waals surface area contributed by atoms with Crippen LogP contribution in [0.3, 0.4) is 0 Å². The van der Waals surface area contributed by atoms with Crippen LogP contribution in [0.4, 0.5) is 5.69 Å². The second-order valence-electron chi connectivity index (χ2n) is 9.91. The molecule has 0 aliphatic carbocycles. The van der Waals surface area contributed by atoms with E-state index < -0.39 is 22.7 Å². The number of rotatable bonds is 6. The van der Waals surface area contributed by atoms with Crippen LogP contribution in [0.15, 0.2) is 124 Å². The molecular formula is C31H27ClN3O3PS. The summed E-state index contributed by atoms with van der Waals surface area (Å²) in [6, 6.07) is 32.0. The fraction of sp³-hybridized carbons (Fsp3) is 0.129. The van der Waals surface area contributed by atoms with Gasteiger partial charge in [-0.2, -0.15) is 13.7 Å². The van der Waals surface area contributed by atoms with Crippen molar-refractivity contribution in [2.75, 3.05) is 11.9 Å². The number of hydrogen-bond donors (Lipinski definition) is 0. The zero-order chi connectivity index (χ0) is 28.5. The van der Waals surface area contributed by atoms with Gasteiger partial charge in [-0.25, -0.2) is 0 Å². The molecule has 1 aliphatic heterocycles. The van der Waals surface area contributed by atoms with Gasteiger partial charge in [0.15, 0.2) is 0 Å². The fourth-order valence-electron chi connectivity index (χ4n) is 4.84. The number of anilines is 1. The molecule has 0 saturated carbocycles. The molecule has 1 aliphatic rings. The molecule has 1 heterocycles. The number of nitrogens with zero attached hydrogens (tertiary/aromatic N) is 3. The third kappa shape index (κ3) is 5.19. The summed E-state index contributed by atoms with van der Waals surface area (Å²) in [5.74, 6) is 2.30. The predicted molar refractivity (Wildman–Crippen MR) is 162 cm³/mol. The van der Waals surface area contributed by atoms with Gasteiger partial charge < -0.3 is 9.42 Å². The van der Waals surface area contributed by atoms with Crippen molar-refractivity contribution in [2.45, 2.75) is 24.2 Å². The molecule has 0 spiro atoms. The van der Waals surface area contributed by atoms with Crippen molar-refractivity contribution in [3.05, 3.63) is 131 Å². The van der Waals surface area contributed by atoms with E-state index in [1.165, 1.54) is 24.3 Å². The molecule has 0 fully saturated rings. The summed E-state index contributed by atoms with van der Waals surface area (Å²) in [6.07, 6.45) is 0. The van der Waals surface area contributed by atoms with Gasteiger partial charge >= 0.3 is 0 Å². The highest BCUT2D eigenvalue weighted by atomic mass is 35.5. The van der Waals surface area contributed by atoms with Crippen LogP contribution in [0, 0.1) is 11.3 Å². The Morgan fingerprint density at radius 2 is 1.55 bits per heavy atom. The van der Waals surface area contributed by atoms with Crippen molar-refractivity contribution in [1.82, 2.24) is 0 Å². The number of allylic oxidation sites excluding steroid dienone is 1. The molecule has 0 radical (unpaired) electrons. The Balaban J connectivity index is 1.83. The highest BCUT2D eigenvalue weighted by Gasteiger charge is 2.41. The van der Waals surface area contributed by atoms with Crippen LogP contribution in [0.2, 0.25) is 5.02 Å².